The summed E-state index contributed by atoms with van der Waals surface area (Å²) in [6, 6.07) is 8.20. The molecule has 0 unspecified atom stereocenters. The molecule has 3 rings (SSSR count). The van der Waals surface area contributed by atoms with Crippen molar-refractivity contribution in [3.8, 4) is 0 Å². The highest BCUT2D eigenvalue weighted by Crippen LogP contribution is 2.49. The molecule has 1 N–H and O–H groups in total. The van der Waals surface area contributed by atoms with E-state index in [1.165, 1.54) is 11.8 Å². The van der Waals surface area contributed by atoms with Crippen molar-refractivity contribution < 1.29 is 13.2 Å². The minimum absolute atomic E-state index is 0.0785. The third kappa shape index (κ3) is 4.16. The van der Waals surface area contributed by atoms with Crippen molar-refractivity contribution in [3.63, 3.8) is 0 Å². The van der Waals surface area contributed by atoms with Crippen LogP contribution in [0.1, 0.15) is 36.8 Å². The highest BCUT2D eigenvalue weighted by atomic mass is 32.2. The molecule has 1 saturated carbocycles. The van der Waals surface area contributed by atoms with Gasteiger partial charge in [-0.15, -0.1) is 0 Å². The summed E-state index contributed by atoms with van der Waals surface area (Å²) in [7, 11) is -3.12. The lowest BCUT2D eigenvalue weighted by Gasteiger charge is -2.52. The highest BCUT2D eigenvalue weighted by Gasteiger charge is 2.46. The Labute approximate surface area is 144 Å². The molecule has 132 valence electrons. The maximum atomic E-state index is 12.5. The van der Waals surface area contributed by atoms with Gasteiger partial charge in [0.2, 0.25) is 15.9 Å². The molecule has 1 aliphatic heterocycles. The van der Waals surface area contributed by atoms with Crippen molar-refractivity contribution in [1.82, 2.24) is 9.62 Å². The fraction of sp³-hybridized carbons (Fsp3) is 0.611. The zero-order valence-corrected chi connectivity index (χ0v) is 15.2. The van der Waals surface area contributed by atoms with Gasteiger partial charge in [-0.25, -0.2) is 13.1 Å². The fourth-order valence-electron chi connectivity index (χ4n) is 4.00. The number of carbonyl (C=O) groups excluding carboxylic acids is 1. The smallest absolute Gasteiger partial charge is 0.226 e. The van der Waals surface area contributed by atoms with Gasteiger partial charge in [-0.2, -0.15) is 0 Å². The van der Waals surface area contributed by atoms with Crippen LogP contribution in [-0.2, 0) is 21.2 Å². The Balaban J connectivity index is 1.47. The first-order valence-electron chi connectivity index (χ1n) is 8.55. The van der Waals surface area contributed by atoms with Crippen molar-refractivity contribution >= 4 is 15.9 Å². The molecule has 0 atom stereocenters. The van der Waals surface area contributed by atoms with E-state index in [0.717, 1.165) is 44.3 Å². The number of benzene rings is 1. The van der Waals surface area contributed by atoms with E-state index in [1.807, 2.05) is 36.1 Å². The monoisotopic (exact) mass is 350 g/mol. The molecule has 1 amide bonds. The summed E-state index contributed by atoms with van der Waals surface area (Å²) >= 11 is 0. The Morgan fingerprint density at radius 2 is 1.79 bits per heavy atom. The SMILES string of the molecule is Cc1ccc(CC(=O)N2CCC3(CC2)CC(NS(C)(=O)=O)C3)cc1. The maximum Gasteiger partial charge on any atom is 0.226 e. The van der Waals surface area contributed by atoms with E-state index in [9.17, 15) is 13.2 Å². The number of carbonyl (C=O) groups is 1. The topological polar surface area (TPSA) is 66.5 Å². The molecule has 2 fully saturated rings. The van der Waals surface area contributed by atoms with E-state index in [2.05, 4.69) is 4.72 Å². The van der Waals surface area contributed by atoms with E-state index < -0.39 is 10.0 Å². The first kappa shape index (κ1) is 17.4. The average molecular weight is 350 g/mol. The van der Waals surface area contributed by atoms with E-state index in [1.54, 1.807) is 0 Å². The highest BCUT2D eigenvalue weighted by molar-refractivity contribution is 7.88. The summed E-state index contributed by atoms with van der Waals surface area (Å²) in [5, 5.41) is 0. The Hall–Kier alpha value is -1.40. The van der Waals surface area contributed by atoms with Crippen LogP contribution < -0.4 is 4.72 Å². The van der Waals surface area contributed by atoms with Crippen molar-refractivity contribution in [2.24, 2.45) is 5.41 Å². The van der Waals surface area contributed by atoms with Crippen LogP contribution >= 0.6 is 0 Å². The van der Waals surface area contributed by atoms with Crippen LogP contribution in [0.3, 0.4) is 0 Å². The molecule has 6 heteroatoms. The predicted molar refractivity (Wildman–Crippen MR) is 94.1 cm³/mol. The number of likely N-dealkylation sites (tertiary alicyclic amines) is 1. The van der Waals surface area contributed by atoms with E-state index in [4.69, 9.17) is 0 Å². The second-order valence-corrected chi connectivity index (χ2v) is 9.32. The molecule has 1 saturated heterocycles. The van der Waals surface area contributed by atoms with Crippen LogP contribution in [0.25, 0.3) is 0 Å². The van der Waals surface area contributed by atoms with Gasteiger partial charge in [0.15, 0.2) is 0 Å². The molecule has 0 radical (unpaired) electrons. The van der Waals surface area contributed by atoms with Gasteiger partial charge in [0.05, 0.1) is 12.7 Å². The number of piperidine rings is 1. The predicted octanol–water partition coefficient (Wildman–Crippen LogP) is 1.86. The molecule has 24 heavy (non-hydrogen) atoms. The normalized spacial score (nSPS) is 20.8. The number of rotatable bonds is 4. The minimum Gasteiger partial charge on any atom is -0.342 e. The van der Waals surface area contributed by atoms with Crippen LogP contribution in [0.2, 0.25) is 0 Å². The van der Waals surface area contributed by atoms with Crippen molar-refractivity contribution in [2.75, 3.05) is 19.3 Å². The zero-order chi connectivity index (χ0) is 17.4. The molecule has 1 heterocycles. The third-order valence-corrected chi connectivity index (χ3v) is 6.15. The van der Waals surface area contributed by atoms with Gasteiger partial charge >= 0.3 is 0 Å². The molecule has 1 aliphatic carbocycles. The first-order valence-corrected chi connectivity index (χ1v) is 10.4. The largest absolute Gasteiger partial charge is 0.342 e. The van der Waals surface area contributed by atoms with Gasteiger partial charge in [-0.05, 0) is 43.6 Å². The van der Waals surface area contributed by atoms with E-state index in [0.29, 0.717) is 6.42 Å². The van der Waals surface area contributed by atoms with Crippen LogP contribution in [0.5, 0.6) is 0 Å². The van der Waals surface area contributed by atoms with Gasteiger partial charge < -0.3 is 4.90 Å². The Bertz CT molecular complexity index is 696. The average Bonchev–Trinajstić information content (AvgIpc) is 2.47. The summed E-state index contributed by atoms with van der Waals surface area (Å²) < 4.78 is 25.2. The Morgan fingerprint density at radius 3 is 2.33 bits per heavy atom. The van der Waals surface area contributed by atoms with Gasteiger partial charge in [-0.1, -0.05) is 29.8 Å². The summed E-state index contributed by atoms with van der Waals surface area (Å²) in [6.07, 6.45) is 5.44. The molecule has 2 aliphatic rings. The van der Waals surface area contributed by atoms with Gasteiger partial charge in [0.25, 0.3) is 0 Å². The third-order valence-electron chi connectivity index (χ3n) is 5.39. The minimum atomic E-state index is -3.12. The van der Waals surface area contributed by atoms with Crippen molar-refractivity contribution in [2.45, 2.75) is 45.1 Å². The Morgan fingerprint density at radius 1 is 1.21 bits per heavy atom. The molecule has 5 nitrogen and oxygen atoms in total. The van der Waals surface area contributed by atoms with Crippen molar-refractivity contribution in [1.29, 1.82) is 0 Å². The molecular weight excluding hydrogens is 324 g/mol. The number of aryl methyl sites for hydroxylation is 1. The lowest BCUT2D eigenvalue weighted by molar-refractivity contribution is -0.134. The number of sulfonamides is 1. The summed E-state index contributed by atoms with van der Waals surface area (Å²) in [4.78, 5) is 14.4. The molecule has 1 spiro atoms. The number of hydrogen-bond donors (Lipinski definition) is 1. The molecule has 1 aromatic rings. The quantitative estimate of drug-likeness (QED) is 0.901. The van der Waals surface area contributed by atoms with Crippen molar-refractivity contribution in [3.05, 3.63) is 35.4 Å². The molecule has 0 bridgehead atoms. The van der Waals surface area contributed by atoms with E-state index in [-0.39, 0.29) is 17.4 Å². The number of hydrogen-bond acceptors (Lipinski definition) is 3. The lowest BCUT2D eigenvalue weighted by atomic mass is 9.60. The zero-order valence-electron chi connectivity index (χ0n) is 14.4. The second kappa shape index (κ2) is 6.48. The van der Waals surface area contributed by atoms with Crippen LogP contribution in [-0.4, -0.2) is 44.6 Å². The van der Waals surface area contributed by atoms with Crippen LogP contribution in [0, 0.1) is 12.3 Å². The van der Waals surface area contributed by atoms with Gasteiger partial charge in [0.1, 0.15) is 0 Å². The molecule has 1 aromatic carbocycles. The summed E-state index contributed by atoms with van der Waals surface area (Å²) in [6.45, 7) is 3.62. The second-order valence-electron chi connectivity index (χ2n) is 7.54. The van der Waals surface area contributed by atoms with Crippen LogP contribution in [0.4, 0.5) is 0 Å². The lowest BCUT2D eigenvalue weighted by Crippen LogP contribution is -2.55. The Kier molecular flexibility index (Phi) is 4.71. The van der Waals surface area contributed by atoms with Gasteiger partial charge in [0, 0.05) is 19.1 Å². The van der Waals surface area contributed by atoms with E-state index >= 15 is 0 Å². The fourth-order valence-corrected chi connectivity index (χ4v) is 4.77. The standard InChI is InChI=1S/C18H26N2O3S/c1-14-3-5-15(6-4-14)11-17(21)20-9-7-18(8-10-20)12-16(13-18)19-24(2,22)23/h3-6,16,19H,7-13H2,1-2H3. The summed E-state index contributed by atoms with van der Waals surface area (Å²) in [5.41, 5.74) is 2.50. The summed E-state index contributed by atoms with van der Waals surface area (Å²) in [5.74, 6) is 0.193. The van der Waals surface area contributed by atoms with Crippen LogP contribution in [0.15, 0.2) is 24.3 Å². The maximum absolute atomic E-state index is 12.5. The molecular formula is C18H26N2O3S. The molecule has 0 aromatic heterocycles. The first-order chi connectivity index (χ1) is 11.2. The van der Waals surface area contributed by atoms with Gasteiger partial charge in [-0.3, -0.25) is 4.79 Å². The number of nitrogens with zero attached hydrogens (tertiary/aromatic N) is 1. The number of amides is 1. The number of nitrogens with one attached hydrogen (secondary N) is 1.